The summed E-state index contributed by atoms with van der Waals surface area (Å²) in [5, 5.41) is 3.49. The van der Waals surface area contributed by atoms with E-state index in [1.54, 1.807) is 7.11 Å². The van der Waals surface area contributed by atoms with Crippen LogP contribution in [0.4, 0.5) is 0 Å². The molecule has 2 rings (SSSR count). The molecule has 3 heteroatoms. The van der Waals surface area contributed by atoms with Gasteiger partial charge in [0.05, 0.1) is 7.11 Å². The van der Waals surface area contributed by atoms with E-state index in [4.69, 9.17) is 4.74 Å². The number of benzene rings is 1. The molecule has 3 nitrogen and oxygen atoms in total. The summed E-state index contributed by atoms with van der Waals surface area (Å²) in [6.45, 7) is 2.18. The first-order valence-electron chi connectivity index (χ1n) is 6.62. The lowest BCUT2D eigenvalue weighted by atomic mass is 9.94. The Labute approximate surface area is 109 Å². The van der Waals surface area contributed by atoms with E-state index in [1.807, 2.05) is 24.3 Å². The summed E-state index contributed by atoms with van der Waals surface area (Å²) in [4.78, 5) is 12.1. The molecule has 0 spiro atoms. The fourth-order valence-electron chi connectivity index (χ4n) is 2.52. The van der Waals surface area contributed by atoms with Crippen molar-refractivity contribution in [1.82, 2.24) is 5.32 Å². The number of methoxy groups -OCH3 is 1. The summed E-state index contributed by atoms with van der Waals surface area (Å²) in [6, 6.07) is 8.23. The average Bonchev–Trinajstić information content (AvgIpc) is 2.39. The molecule has 1 fully saturated rings. The topological polar surface area (TPSA) is 38.3 Å². The Morgan fingerprint density at radius 3 is 2.67 bits per heavy atom. The van der Waals surface area contributed by atoms with Gasteiger partial charge in [-0.3, -0.25) is 4.79 Å². The third-order valence-electron chi connectivity index (χ3n) is 3.55. The average molecular weight is 247 g/mol. The number of ether oxygens (including phenoxy) is 1. The van der Waals surface area contributed by atoms with Crippen LogP contribution in [0.1, 0.15) is 43.0 Å². The van der Waals surface area contributed by atoms with Gasteiger partial charge in [0.1, 0.15) is 5.75 Å². The number of rotatable bonds is 4. The molecule has 98 valence electrons. The Bertz CT molecular complexity index is 399. The number of Topliss-reactive ketones (excluding diaryl/α,β-unsaturated/α-hetero) is 1. The third-order valence-corrected chi connectivity index (χ3v) is 3.55. The number of carbonyl (C=O) groups excluding carboxylic acids is 1. The van der Waals surface area contributed by atoms with Gasteiger partial charge < -0.3 is 10.1 Å². The van der Waals surface area contributed by atoms with Crippen LogP contribution < -0.4 is 10.1 Å². The first-order chi connectivity index (χ1) is 8.69. The number of piperidine rings is 1. The number of hydrogen-bond donors (Lipinski definition) is 1. The Morgan fingerprint density at radius 1 is 1.33 bits per heavy atom. The molecule has 0 radical (unpaired) electrons. The van der Waals surface area contributed by atoms with Gasteiger partial charge in [-0.2, -0.15) is 0 Å². The van der Waals surface area contributed by atoms with Crippen LogP contribution in [-0.2, 0) is 0 Å². The SMILES string of the molecule is COc1ccc(C(=O)CC2CCCC(C)N2)cc1. The van der Waals surface area contributed by atoms with Crippen molar-refractivity contribution in [1.29, 1.82) is 0 Å². The van der Waals surface area contributed by atoms with Crippen LogP contribution in [0, 0.1) is 0 Å². The lowest BCUT2D eigenvalue weighted by Gasteiger charge is -2.28. The fourth-order valence-corrected chi connectivity index (χ4v) is 2.52. The molecule has 1 aromatic carbocycles. The molecule has 0 aromatic heterocycles. The van der Waals surface area contributed by atoms with E-state index >= 15 is 0 Å². The van der Waals surface area contributed by atoms with Gasteiger partial charge >= 0.3 is 0 Å². The van der Waals surface area contributed by atoms with Crippen LogP contribution in [0.3, 0.4) is 0 Å². The van der Waals surface area contributed by atoms with Gasteiger partial charge in [0.2, 0.25) is 0 Å². The third kappa shape index (κ3) is 3.33. The van der Waals surface area contributed by atoms with E-state index in [-0.39, 0.29) is 5.78 Å². The molecule has 2 unspecified atom stereocenters. The van der Waals surface area contributed by atoms with E-state index in [0.29, 0.717) is 18.5 Å². The van der Waals surface area contributed by atoms with Crippen LogP contribution in [0.5, 0.6) is 5.75 Å². The highest BCUT2D eigenvalue weighted by molar-refractivity contribution is 5.96. The minimum absolute atomic E-state index is 0.212. The van der Waals surface area contributed by atoms with Crippen LogP contribution in [-0.4, -0.2) is 25.0 Å². The van der Waals surface area contributed by atoms with Crippen molar-refractivity contribution >= 4 is 5.78 Å². The summed E-state index contributed by atoms with van der Waals surface area (Å²) in [5.41, 5.74) is 0.774. The van der Waals surface area contributed by atoms with Crippen LogP contribution in [0.25, 0.3) is 0 Å². The molecule has 1 saturated heterocycles. The van der Waals surface area contributed by atoms with Crippen molar-refractivity contribution < 1.29 is 9.53 Å². The number of ketones is 1. The van der Waals surface area contributed by atoms with E-state index < -0.39 is 0 Å². The van der Waals surface area contributed by atoms with Crippen LogP contribution in [0.2, 0.25) is 0 Å². The largest absolute Gasteiger partial charge is 0.497 e. The molecule has 0 aliphatic carbocycles. The zero-order valence-electron chi connectivity index (χ0n) is 11.1. The zero-order valence-corrected chi connectivity index (χ0v) is 11.1. The number of nitrogens with one attached hydrogen (secondary N) is 1. The maximum Gasteiger partial charge on any atom is 0.164 e. The molecular formula is C15H21NO2. The van der Waals surface area contributed by atoms with E-state index in [2.05, 4.69) is 12.2 Å². The molecule has 1 aromatic rings. The standard InChI is InChI=1S/C15H21NO2/c1-11-4-3-5-13(16-11)10-15(17)12-6-8-14(18-2)9-7-12/h6-9,11,13,16H,3-5,10H2,1-2H3. The van der Waals surface area contributed by atoms with Crippen LogP contribution in [0.15, 0.2) is 24.3 Å². The molecule has 0 saturated carbocycles. The number of carbonyl (C=O) groups is 1. The maximum absolute atomic E-state index is 12.1. The van der Waals surface area contributed by atoms with Crippen LogP contribution >= 0.6 is 0 Å². The Balaban J connectivity index is 1.94. The highest BCUT2D eigenvalue weighted by Crippen LogP contribution is 2.18. The maximum atomic E-state index is 12.1. The molecule has 1 aliphatic heterocycles. The molecule has 1 heterocycles. The highest BCUT2D eigenvalue weighted by atomic mass is 16.5. The summed E-state index contributed by atoms with van der Waals surface area (Å²) < 4.78 is 5.09. The highest BCUT2D eigenvalue weighted by Gasteiger charge is 2.20. The zero-order chi connectivity index (χ0) is 13.0. The van der Waals surface area contributed by atoms with E-state index in [9.17, 15) is 4.79 Å². The lowest BCUT2D eigenvalue weighted by molar-refractivity contribution is 0.0960. The summed E-state index contributed by atoms with van der Waals surface area (Å²) >= 11 is 0. The predicted octanol–water partition coefficient (Wildman–Crippen LogP) is 2.80. The monoisotopic (exact) mass is 247 g/mol. The van der Waals surface area contributed by atoms with Crippen molar-refractivity contribution in [3.05, 3.63) is 29.8 Å². The van der Waals surface area contributed by atoms with Crippen molar-refractivity contribution in [2.75, 3.05) is 7.11 Å². The molecule has 1 aliphatic rings. The minimum atomic E-state index is 0.212. The van der Waals surface area contributed by atoms with Gasteiger partial charge in [0.25, 0.3) is 0 Å². The van der Waals surface area contributed by atoms with Gasteiger partial charge in [-0.05, 0) is 44.0 Å². The Kier molecular flexibility index (Phi) is 4.37. The Hall–Kier alpha value is -1.35. The van der Waals surface area contributed by atoms with Gasteiger partial charge in [-0.1, -0.05) is 6.42 Å². The van der Waals surface area contributed by atoms with E-state index in [0.717, 1.165) is 17.7 Å². The predicted molar refractivity (Wildman–Crippen MR) is 72.2 cm³/mol. The van der Waals surface area contributed by atoms with Crippen molar-refractivity contribution in [2.24, 2.45) is 0 Å². The summed E-state index contributed by atoms with van der Waals surface area (Å²) in [5.74, 6) is 1.00. The van der Waals surface area contributed by atoms with Gasteiger partial charge in [0.15, 0.2) is 5.78 Å². The fraction of sp³-hybridized carbons (Fsp3) is 0.533. The molecule has 0 amide bonds. The summed E-state index contributed by atoms with van der Waals surface area (Å²) in [6.07, 6.45) is 4.13. The summed E-state index contributed by atoms with van der Waals surface area (Å²) in [7, 11) is 1.63. The smallest absolute Gasteiger partial charge is 0.164 e. The second-order valence-corrected chi connectivity index (χ2v) is 5.05. The van der Waals surface area contributed by atoms with Gasteiger partial charge in [-0.15, -0.1) is 0 Å². The minimum Gasteiger partial charge on any atom is -0.497 e. The van der Waals surface area contributed by atoms with Gasteiger partial charge in [-0.25, -0.2) is 0 Å². The van der Waals surface area contributed by atoms with Crippen molar-refractivity contribution in [3.8, 4) is 5.75 Å². The lowest BCUT2D eigenvalue weighted by Crippen LogP contribution is -2.41. The molecular weight excluding hydrogens is 226 g/mol. The quantitative estimate of drug-likeness (QED) is 0.831. The van der Waals surface area contributed by atoms with Crippen molar-refractivity contribution in [2.45, 2.75) is 44.7 Å². The first-order valence-corrected chi connectivity index (χ1v) is 6.62. The molecule has 1 N–H and O–H groups in total. The van der Waals surface area contributed by atoms with Gasteiger partial charge in [0, 0.05) is 24.1 Å². The second kappa shape index (κ2) is 6.01. The van der Waals surface area contributed by atoms with E-state index in [1.165, 1.54) is 12.8 Å². The molecule has 18 heavy (non-hydrogen) atoms. The number of hydrogen-bond acceptors (Lipinski definition) is 3. The second-order valence-electron chi connectivity index (χ2n) is 5.05. The first kappa shape index (κ1) is 13.1. The normalized spacial score (nSPS) is 23.7. The van der Waals surface area contributed by atoms with Crippen molar-refractivity contribution in [3.63, 3.8) is 0 Å². The molecule has 0 bridgehead atoms. The molecule has 2 atom stereocenters. The Morgan fingerprint density at radius 2 is 2.06 bits per heavy atom.